The van der Waals surface area contributed by atoms with Gasteiger partial charge in [-0.2, -0.15) is 0 Å². The number of hydrogen-bond donors (Lipinski definition) is 0. The van der Waals surface area contributed by atoms with Gasteiger partial charge < -0.3 is 4.90 Å². The van der Waals surface area contributed by atoms with E-state index in [0.29, 0.717) is 0 Å². The minimum absolute atomic E-state index is 1.10. The van der Waals surface area contributed by atoms with Crippen molar-refractivity contribution in [3.05, 3.63) is 212 Å². The van der Waals surface area contributed by atoms with Crippen molar-refractivity contribution in [3.8, 4) is 33.4 Å². The van der Waals surface area contributed by atoms with E-state index in [-0.39, 0.29) is 0 Å². The number of rotatable bonds is 6. The van der Waals surface area contributed by atoms with E-state index in [1.54, 1.807) is 0 Å². The molecule has 0 atom stereocenters. The van der Waals surface area contributed by atoms with Crippen LogP contribution in [-0.2, 0) is 0 Å². The predicted molar refractivity (Wildman–Crippen MR) is 227 cm³/mol. The summed E-state index contributed by atoms with van der Waals surface area (Å²) in [6, 6.07) is 77.3. The molecule has 0 aromatic heterocycles. The van der Waals surface area contributed by atoms with Gasteiger partial charge in [0.25, 0.3) is 0 Å². The van der Waals surface area contributed by atoms with Crippen molar-refractivity contribution in [3.63, 3.8) is 0 Å². The van der Waals surface area contributed by atoms with Crippen LogP contribution in [0.2, 0.25) is 0 Å². The van der Waals surface area contributed by atoms with Gasteiger partial charge in [0.2, 0.25) is 0 Å². The van der Waals surface area contributed by atoms with Crippen LogP contribution in [0.5, 0.6) is 0 Å². The third-order valence-corrected chi connectivity index (χ3v) is 10.6. The van der Waals surface area contributed by atoms with Crippen molar-refractivity contribution in [2.24, 2.45) is 0 Å². The lowest BCUT2D eigenvalue weighted by molar-refractivity contribution is 1.28. The summed E-state index contributed by atoms with van der Waals surface area (Å²) in [5.41, 5.74) is 10.5. The van der Waals surface area contributed by atoms with Crippen LogP contribution in [0.3, 0.4) is 0 Å². The van der Waals surface area contributed by atoms with E-state index in [2.05, 4.69) is 217 Å². The molecule has 53 heavy (non-hydrogen) atoms. The Morgan fingerprint density at radius 1 is 0.226 bits per heavy atom. The highest BCUT2D eigenvalue weighted by molar-refractivity contribution is 6.21. The Kier molecular flexibility index (Phi) is 7.55. The van der Waals surface area contributed by atoms with E-state index >= 15 is 0 Å². The van der Waals surface area contributed by atoms with Crippen molar-refractivity contribution >= 4 is 60.2 Å². The zero-order valence-electron chi connectivity index (χ0n) is 29.2. The highest BCUT2D eigenvalue weighted by Gasteiger charge is 2.17. The highest BCUT2D eigenvalue weighted by atomic mass is 15.1. The average molecular weight is 674 g/mol. The molecular formula is C52H35N. The Balaban J connectivity index is 1.15. The fourth-order valence-electron chi connectivity index (χ4n) is 7.99. The van der Waals surface area contributed by atoms with Gasteiger partial charge >= 0.3 is 0 Å². The molecule has 248 valence electrons. The Morgan fingerprint density at radius 3 is 1.55 bits per heavy atom. The Bertz CT molecular complexity index is 2940. The molecule has 0 spiro atoms. The fourth-order valence-corrected chi connectivity index (χ4v) is 7.99. The molecule has 0 heterocycles. The predicted octanol–water partition coefficient (Wildman–Crippen LogP) is 14.8. The number of hydrogen-bond acceptors (Lipinski definition) is 1. The van der Waals surface area contributed by atoms with E-state index in [4.69, 9.17) is 0 Å². The highest BCUT2D eigenvalue weighted by Crippen LogP contribution is 2.42. The maximum atomic E-state index is 2.40. The van der Waals surface area contributed by atoms with Crippen molar-refractivity contribution in [2.45, 2.75) is 0 Å². The second kappa shape index (κ2) is 13.0. The molecule has 0 N–H and O–H groups in total. The van der Waals surface area contributed by atoms with Gasteiger partial charge in [-0.1, -0.05) is 164 Å². The van der Waals surface area contributed by atoms with E-state index in [9.17, 15) is 0 Å². The Labute approximate surface area is 309 Å². The SMILES string of the molecule is c1ccc(-c2ccc(N(c3cccc(-c4ccc5ccccc5c4)c3)c3cccc(-c4cc5c6ccccc6ccc5c5ccccc45)c3)cc2)cc1. The van der Waals surface area contributed by atoms with E-state index in [0.717, 1.165) is 17.1 Å². The monoisotopic (exact) mass is 673 g/mol. The van der Waals surface area contributed by atoms with Crippen LogP contribution in [0.4, 0.5) is 17.1 Å². The van der Waals surface area contributed by atoms with Gasteiger partial charge in [0.05, 0.1) is 0 Å². The van der Waals surface area contributed by atoms with Crippen LogP contribution in [-0.4, -0.2) is 0 Å². The molecule has 0 radical (unpaired) electrons. The molecule has 1 heteroatoms. The van der Waals surface area contributed by atoms with Crippen molar-refractivity contribution in [1.29, 1.82) is 0 Å². The molecule has 10 rings (SSSR count). The lowest BCUT2D eigenvalue weighted by Gasteiger charge is -2.27. The van der Waals surface area contributed by atoms with Crippen LogP contribution < -0.4 is 4.90 Å². The maximum Gasteiger partial charge on any atom is 0.0467 e. The zero-order chi connectivity index (χ0) is 35.1. The molecule has 0 aliphatic carbocycles. The molecule has 0 fully saturated rings. The summed E-state index contributed by atoms with van der Waals surface area (Å²) in [4.78, 5) is 2.39. The zero-order valence-corrected chi connectivity index (χ0v) is 29.2. The first-order valence-corrected chi connectivity index (χ1v) is 18.3. The molecule has 0 aliphatic rings. The maximum absolute atomic E-state index is 2.40. The van der Waals surface area contributed by atoms with Gasteiger partial charge in [0.15, 0.2) is 0 Å². The molecular weight excluding hydrogens is 639 g/mol. The molecule has 10 aromatic rings. The van der Waals surface area contributed by atoms with Crippen LogP contribution in [0.1, 0.15) is 0 Å². The van der Waals surface area contributed by atoms with Crippen molar-refractivity contribution in [1.82, 2.24) is 0 Å². The van der Waals surface area contributed by atoms with Crippen LogP contribution in [0.15, 0.2) is 212 Å². The topological polar surface area (TPSA) is 3.24 Å². The van der Waals surface area contributed by atoms with Crippen molar-refractivity contribution < 1.29 is 0 Å². The number of nitrogens with zero attached hydrogens (tertiary/aromatic N) is 1. The summed E-state index contributed by atoms with van der Waals surface area (Å²) in [7, 11) is 0. The van der Waals surface area contributed by atoms with Gasteiger partial charge in [0.1, 0.15) is 0 Å². The quantitative estimate of drug-likeness (QED) is 0.159. The van der Waals surface area contributed by atoms with Crippen LogP contribution in [0.25, 0.3) is 76.5 Å². The average Bonchev–Trinajstić information content (AvgIpc) is 3.24. The van der Waals surface area contributed by atoms with Gasteiger partial charge in [-0.15, -0.1) is 0 Å². The van der Waals surface area contributed by atoms with Gasteiger partial charge in [-0.3, -0.25) is 0 Å². The van der Waals surface area contributed by atoms with Gasteiger partial charge in [0, 0.05) is 17.1 Å². The van der Waals surface area contributed by atoms with E-state index in [1.807, 2.05) is 0 Å². The van der Waals surface area contributed by atoms with Crippen molar-refractivity contribution in [2.75, 3.05) is 4.90 Å². The number of benzene rings is 10. The summed E-state index contributed by atoms with van der Waals surface area (Å²) >= 11 is 0. The summed E-state index contributed by atoms with van der Waals surface area (Å²) < 4.78 is 0. The molecule has 0 aliphatic heterocycles. The minimum Gasteiger partial charge on any atom is -0.310 e. The molecule has 0 amide bonds. The smallest absolute Gasteiger partial charge is 0.0467 e. The third-order valence-electron chi connectivity index (χ3n) is 10.6. The minimum atomic E-state index is 1.10. The lowest BCUT2D eigenvalue weighted by Crippen LogP contribution is -2.10. The lowest BCUT2D eigenvalue weighted by atomic mass is 9.91. The molecule has 0 unspecified atom stereocenters. The first-order valence-electron chi connectivity index (χ1n) is 18.3. The first kappa shape index (κ1) is 30.8. The molecule has 0 saturated carbocycles. The van der Waals surface area contributed by atoms with E-state index in [1.165, 1.54) is 76.5 Å². The van der Waals surface area contributed by atoms with Gasteiger partial charge in [-0.05, 0) is 125 Å². The van der Waals surface area contributed by atoms with E-state index < -0.39 is 0 Å². The molecule has 1 nitrogen and oxygen atoms in total. The first-order chi connectivity index (χ1) is 26.3. The fraction of sp³-hybridized carbons (Fsp3) is 0. The normalized spacial score (nSPS) is 11.4. The molecule has 0 bridgehead atoms. The van der Waals surface area contributed by atoms with Crippen LogP contribution >= 0.6 is 0 Å². The second-order valence-electron chi connectivity index (χ2n) is 13.8. The summed E-state index contributed by atoms with van der Waals surface area (Å²) in [5.74, 6) is 0. The molecule has 0 saturated heterocycles. The van der Waals surface area contributed by atoms with Gasteiger partial charge in [-0.25, -0.2) is 0 Å². The third kappa shape index (κ3) is 5.60. The largest absolute Gasteiger partial charge is 0.310 e. The van der Waals surface area contributed by atoms with Crippen LogP contribution in [0, 0.1) is 0 Å². The standard InChI is InChI=1S/C52H35N/c1-2-12-36(13-3-1)38-26-29-44(30-27-38)53(45-19-10-17-41(33-45)42-25-24-37-14-4-5-16-40(37)32-42)46-20-11-18-43(34-46)51-35-52-47-21-7-6-15-39(47)28-31-50(52)48-22-8-9-23-49(48)51/h1-35H. The summed E-state index contributed by atoms with van der Waals surface area (Å²) in [6.07, 6.45) is 0. The summed E-state index contributed by atoms with van der Waals surface area (Å²) in [5, 5.41) is 10.1. The molecule has 10 aromatic carbocycles. The second-order valence-corrected chi connectivity index (χ2v) is 13.8. The number of anilines is 3. The summed E-state index contributed by atoms with van der Waals surface area (Å²) in [6.45, 7) is 0. The Hall–Kier alpha value is -6.96. The Morgan fingerprint density at radius 2 is 0.755 bits per heavy atom. The number of fused-ring (bicyclic) bond motifs is 6.